The monoisotopic (exact) mass is 424 g/mol. The molecule has 0 saturated carbocycles. The molecule has 1 aromatic heterocycles. The number of benzene rings is 2. The van der Waals surface area contributed by atoms with Gasteiger partial charge >= 0.3 is 0 Å². The predicted molar refractivity (Wildman–Crippen MR) is 99.6 cm³/mol. The van der Waals surface area contributed by atoms with Crippen molar-refractivity contribution in [3.8, 4) is 0 Å². The number of nitrogens with zero attached hydrogens (tertiary/aromatic N) is 2. The van der Waals surface area contributed by atoms with E-state index in [4.69, 9.17) is 5.14 Å². The highest BCUT2D eigenvalue weighted by Crippen LogP contribution is 2.24. The number of rotatable bonds is 6. The molecule has 0 spiro atoms. The van der Waals surface area contributed by atoms with Crippen LogP contribution < -0.4 is 9.86 Å². The molecular formula is C17H17FN4O4S2. The maximum Gasteiger partial charge on any atom is 0.241 e. The van der Waals surface area contributed by atoms with Gasteiger partial charge in [0, 0.05) is 19.4 Å². The molecule has 0 unspecified atom stereocenters. The highest BCUT2D eigenvalue weighted by atomic mass is 32.2. The summed E-state index contributed by atoms with van der Waals surface area (Å²) in [4.78, 5) is 3.78. The van der Waals surface area contributed by atoms with Crippen LogP contribution in [0.25, 0.3) is 0 Å². The fourth-order valence-electron chi connectivity index (χ4n) is 2.64. The first kappa shape index (κ1) is 20.1. The molecule has 1 atom stereocenters. The number of primary sulfonamides is 1. The van der Waals surface area contributed by atoms with Gasteiger partial charge in [0.05, 0.1) is 9.79 Å². The molecule has 0 aliphatic rings. The Bertz CT molecular complexity index is 1210. The number of sulfonamides is 2. The van der Waals surface area contributed by atoms with Crippen molar-refractivity contribution >= 4 is 20.0 Å². The highest BCUT2D eigenvalue weighted by Gasteiger charge is 2.26. The van der Waals surface area contributed by atoms with Gasteiger partial charge in [-0.05, 0) is 42.0 Å². The Labute approximate surface area is 161 Å². The van der Waals surface area contributed by atoms with Gasteiger partial charge in [-0.3, -0.25) is 0 Å². The van der Waals surface area contributed by atoms with Crippen molar-refractivity contribution in [2.24, 2.45) is 12.2 Å². The van der Waals surface area contributed by atoms with Crippen molar-refractivity contribution in [3.05, 3.63) is 78.1 Å². The molecular weight excluding hydrogens is 407 g/mol. The summed E-state index contributed by atoms with van der Waals surface area (Å²) in [5, 5.41) is 5.03. The van der Waals surface area contributed by atoms with Crippen molar-refractivity contribution in [2.45, 2.75) is 15.8 Å². The Balaban J connectivity index is 2.01. The molecule has 11 heteroatoms. The summed E-state index contributed by atoms with van der Waals surface area (Å²) in [5.74, 6) is -0.163. The second kappa shape index (κ2) is 7.43. The Morgan fingerprint density at radius 2 is 1.71 bits per heavy atom. The minimum Gasteiger partial charge on any atom is -0.336 e. The van der Waals surface area contributed by atoms with E-state index in [0.29, 0.717) is 11.4 Å². The van der Waals surface area contributed by atoms with Crippen LogP contribution in [0.2, 0.25) is 0 Å². The minimum atomic E-state index is -4.09. The van der Waals surface area contributed by atoms with Crippen molar-refractivity contribution in [2.75, 3.05) is 0 Å². The average molecular weight is 424 g/mol. The number of nitrogens with two attached hydrogens (primary N) is 1. The molecule has 28 heavy (non-hydrogen) atoms. The lowest BCUT2D eigenvalue weighted by atomic mass is 10.1. The number of aryl methyl sites for hydroxylation is 1. The Morgan fingerprint density at radius 3 is 2.25 bits per heavy atom. The molecule has 0 radical (unpaired) electrons. The maximum atomic E-state index is 13.7. The number of aromatic nitrogens is 2. The summed E-state index contributed by atoms with van der Waals surface area (Å²) in [6.45, 7) is 0. The molecule has 0 aliphatic carbocycles. The first-order valence-corrected chi connectivity index (χ1v) is 11.0. The highest BCUT2D eigenvalue weighted by molar-refractivity contribution is 7.89. The third-order valence-electron chi connectivity index (χ3n) is 4.03. The SMILES string of the molecule is Cn1ccnc1[C@@H](NS(=O)(=O)c1ccc(S(N)(=O)=O)cc1)c1cccc(F)c1. The van der Waals surface area contributed by atoms with E-state index in [1.54, 1.807) is 23.9 Å². The van der Waals surface area contributed by atoms with Gasteiger partial charge in [-0.15, -0.1) is 0 Å². The second-order valence-electron chi connectivity index (χ2n) is 6.02. The number of hydrogen-bond donors (Lipinski definition) is 2. The van der Waals surface area contributed by atoms with E-state index in [0.717, 1.165) is 24.3 Å². The van der Waals surface area contributed by atoms with Gasteiger partial charge in [-0.1, -0.05) is 12.1 Å². The molecule has 0 fully saturated rings. The van der Waals surface area contributed by atoms with Gasteiger partial charge in [-0.25, -0.2) is 31.3 Å². The van der Waals surface area contributed by atoms with Gasteiger partial charge in [0.1, 0.15) is 17.7 Å². The van der Waals surface area contributed by atoms with Crippen LogP contribution in [0.3, 0.4) is 0 Å². The largest absolute Gasteiger partial charge is 0.336 e. The molecule has 0 saturated heterocycles. The van der Waals surface area contributed by atoms with Crippen molar-refractivity contribution in [1.29, 1.82) is 0 Å². The smallest absolute Gasteiger partial charge is 0.241 e. The first-order valence-electron chi connectivity index (χ1n) is 7.96. The van der Waals surface area contributed by atoms with E-state index < -0.39 is 31.9 Å². The predicted octanol–water partition coefficient (Wildman–Crippen LogP) is 1.27. The molecule has 1 heterocycles. The van der Waals surface area contributed by atoms with E-state index in [1.807, 2.05) is 0 Å². The number of imidazole rings is 1. The van der Waals surface area contributed by atoms with Crippen molar-refractivity contribution in [1.82, 2.24) is 14.3 Å². The molecule has 3 rings (SSSR count). The summed E-state index contributed by atoms with van der Waals surface area (Å²) in [6, 6.07) is 9.00. The quantitative estimate of drug-likeness (QED) is 0.617. The first-order chi connectivity index (χ1) is 13.1. The van der Waals surface area contributed by atoms with Crippen LogP contribution in [0.1, 0.15) is 17.4 Å². The van der Waals surface area contributed by atoms with E-state index in [-0.39, 0.29) is 9.79 Å². The third-order valence-corrected chi connectivity index (χ3v) is 6.40. The third kappa shape index (κ3) is 4.28. The van der Waals surface area contributed by atoms with E-state index in [9.17, 15) is 21.2 Å². The zero-order valence-corrected chi connectivity index (χ0v) is 16.3. The summed E-state index contributed by atoms with van der Waals surface area (Å²) in [5.41, 5.74) is 0.360. The van der Waals surface area contributed by atoms with E-state index in [1.165, 1.54) is 24.4 Å². The summed E-state index contributed by atoms with van der Waals surface area (Å²) < 4.78 is 66.2. The lowest BCUT2D eigenvalue weighted by Crippen LogP contribution is -2.31. The van der Waals surface area contributed by atoms with Gasteiger partial charge in [-0.2, -0.15) is 4.72 Å². The molecule has 0 aliphatic heterocycles. The molecule has 0 amide bonds. The second-order valence-corrected chi connectivity index (χ2v) is 9.30. The molecule has 2 aromatic carbocycles. The Kier molecular flexibility index (Phi) is 5.35. The number of hydrogen-bond acceptors (Lipinski definition) is 5. The normalized spacial score (nSPS) is 13.4. The molecule has 3 aromatic rings. The fraction of sp³-hybridized carbons (Fsp3) is 0.118. The fourth-order valence-corrected chi connectivity index (χ4v) is 4.34. The Morgan fingerprint density at radius 1 is 1.07 bits per heavy atom. The van der Waals surface area contributed by atoms with Crippen LogP contribution in [0.4, 0.5) is 4.39 Å². The lowest BCUT2D eigenvalue weighted by molar-refractivity contribution is 0.560. The van der Waals surface area contributed by atoms with Crippen LogP contribution in [-0.4, -0.2) is 26.4 Å². The minimum absolute atomic E-state index is 0.171. The van der Waals surface area contributed by atoms with Crippen LogP contribution in [-0.2, 0) is 27.1 Å². The van der Waals surface area contributed by atoms with E-state index in [2.05, 4.69) is 9.71 Å². The lowest BCUT2D eigenvalue weighted by Gasteiger charge is -2.19. The van der Waals surface area contributed by atoms with Crippen LogP contribution in [0, 0.1) is 5.82 Å². The van der Waals surface area contributed by atoms with Gasteiger partial charge in [0.25, 0.3) is 0 Å². The molecule has 3 N–H and O–H groups in total. The molecule has 8 nitrogen and oxygen atoms in total. The van der Waals surface area contributed by atoms with Crippen molar-refractivity contribution < 1.29 is 21.2 Å². The summed E-state index contributed by atoms with van der Waals surface area (Å²) >= 11 is 0. The standard InChI is InChI=1S/C17H17FN4O4S2/c1-22-10-9-20-17(22)16(12-3-2-4-13(18)11-12)21-28(25,26)15-7-5-14(6-8-15)27(19,23)24/h2-11,16,21H,1H3,(H2,19,23,24)/t16-/m0/s1. The average Bonchev–Trinajstić information content (AvgIpc) is 3.05. The zero-order chi connectivity index (χ0) is 20.5. The van der Waals surface area contributed by atoms with Crippen molar-refractivity contribution in [3.63, 3.8) is 0 Å². The number of halogens is 1. The maximum absolute atomic E-state index is 13.7. The zero-order valence-electron chi connectivity index (χ0n) is 14.7. The van der Waals surface area contributed by atoms with Gasteiger partial charge in [0.15, 0.2) is 0 Å². The van der Waals surface area contributed by atoms with Crippen LogP contribution >= 0.6 is 0 Å². The van der Waals surface area contributed by atoms with Crippen LogP contribution in [0.5, 0.6) is 0 Å². The number of nitrogens with one attached hydrogen (secondary N) is 1. The summed E-state index contributed by atoms with van der Waals surface area (Å²) in [6.07, 6.45) is 3.13. The van der Waals surface area contributed by atoms with E-state index >= 15 is 0 Å². The van der Waals surface area contributed by atoms with Gasteiger partial charge in [0.2, 0.25) is 20.0 Å². The van der Waals surface area contributed by atoms with Crippen LogP contribution in [0.15, 0.2) is 70.7 Å². The molecule has 148 valence electrons. The van der Waals surface area contributed by atoms with Gasteiger partial charge < -0.3 is 4.57 Å². The molecule has 0 bridgehead atoms. The summed E-state index contributed by atoms with van der Waals surface area (Å²) in [7, 11) is -6.35. The topological polar surface area (TPSA) is 124 Å². The Hall–Kier alpha value is -2.60.